The average Bonchev–Trinajstić information content (AvgIpc) is 1.83. The van der Waals surface area contributed by atoms with Crippen molar-refractivity contribution in [1.82, 2.24) is 0 Å². The minimum absolute atomic E-state index is 0.150. The molecule has 6 heteroatoms. The second kappa shape index (κ2) is 4.85. The molecule has 0 heterocycles. The van der Waals surface area contributed by atoms with Crippen molar-refractivity contribution in [2.75, 3.05) is 19.9 Å². The summed E-state index contributed by atoms with van der Waals surface area (Å²) in [6.07, 6.45) is -0.157. The molecule has 0 amide bonds. The highest BCUT2D eigenvalue weighted by molar-refractivity contribution is 7.57. The Labute approximate surface area is 65.9 Å². The van der Waals surface area contributed by atoms with Crippen molar-refractivity contribution in [3.63, 3.8) is 0 Å². The second-order valence-corrected chi connectivity index (χ2v) is 4.91. The maximum absolute atomic E-state index is 10.7. The molecule has 0 aromatic heterocycles. The van der Waals surface area contributed by atoms with Crippen LogP contribution in [0.5, 0.6) is 0 Å². The van der Waals surface area contributed by atoms with E-state index in [1.165, 1.54) is 13.8 Å². The van der Waals surface area contributed by atoms with E-state index in [2.05, 4.69) is 9.78 Å². The van der Waals surface area contributed by atoms with Gasteiger partial charge in [0.25, 0.3) is 0 Å². The highest BCUT2D eigenvalue weighted by Gasteiger charge is 2.12. The number of hydrogen-bond acceptors (Lipinski definition) is 4. The van der Waals surface area contributed by atoms with Gasteiger partial charge in [0.15, 0.2) is 7.37 Å². The van der Waals surface area contributed by atoms with E-state index in [4.69, 9.17) is 10.6 Å². The van der Waals surface area contributed by atoms with Gasteiger partial charge >= 0.3 is 0 Å². The van der Waals surface area contributed by atoms with Gasteiger partial charge in [0.05, 0.1) is 7.11 Å². The van der Waals surface area contributed by atoms with Crippen molar-refractivity contribution in [1.29, 1.82) is 0 Å². The van der Waals surface area contributed by atoms with Gasteiger partial charge in [-0.2, -0.15) is 0 Å². The minimum atomic E-state index is -2.96. The largest absolute Gasteiger partial charge is 0.344 e. The second-order valence-electron chi connectivity index (χ2n) is 2.36. The normalized spacial score (nSPS) is 19.3. The van der Waals surface area contributed by atoms with Gasteiger partial charge in [-0.25, -0.2) is 9.78 Å². The summed E-state index contributed by atoms with van der Waals surface area (Å²) >= 11 is 0. The lowest BCUT2D eigenvalue weighted by atomic mass is 10.4. The summed E-state index contributed by atoms with van der Waals surface area (Å²) < 4.78 is 10.7. The summed E-state index contributed by atoms with van der Waals surface area (Å²) in [5.74, 6) is 0. The minimum Gasteiger partial charge on any atom is -0.344 e. The van der Waals surface area contributed by atoms with Crippen LogP contribution in [0.25, 0.3) is 0 Å². The first-order valence-electron chi connectivity index (χ1n) is 3.20. The molecule has 1 unspecified atom stereocenters. The van der Waals surface area contributed by atoms with Crippen LogP contribution in [0.3, 0.4) is 0 Å². The van der Waals surface area contributed by atoms with Crippen molar-refractivity contribution in [2.45, 2.75) is 12.6 Å². The molecule has 0 aliphatic heterocycles. The van der Waals surface area contributed by atoms with Crippen LogP contribution < -0.4 is 5.73 Å². The van der Waals surface area contributed by atoms with E-state index in [-0.39, 0.29) is 6.16 Å². The molecule has 3 N–H and O–H groups in total. The molecule has 0 aliphatic carbocycles. The average molecular weight is 183 g/mol. The van der Waals surface area contributed by atoms with Crippen LogP contribution in [0.2, 0.25) is 0 Å². The van der Waals surface area contributed by atoms with Gasteiger partial charge in [-0.05, 0) is 6.42 Å². The van der Waals surface area contributed by atoms with E-state index >= 15 is 0 Å². The third-order valence-electron chi connectivity index (χ3n) is 1.05. The monoisotopic (exact) mass is 183 g/mol. The Morgan fingerprint density at radius 3 is 2.64 bits per heavy atom. The van der Waals surface area contributed by atoms with Gasteiger partial charge in [0, 0.05) is 12.8 Å². The standard InChI is InChI=1S/C5H14NO4P/c1-9-10-5(6)3-4-11(2,7)8/h5H,3-4,6H2,1-2H3,(H,7,8)/t5-/m1/s1. The Morgan fingerprint density at radius 1 is 1.73 bits per heavy atom. The van der Waals surface area contributed by atoms with Crippen molar-refractivity contribution in [2.24, 2.45) is 5.73 Å². The highest BCUT2D eigenvalue weighted by atomic mass is 31.2. The van der Waals surface area contributed by atoms with Crippen LogP contribution in [0.4, 0.5) is 0 Å². The molecule has 0 radical (unpaired) electrons. The fourth-order valence-corrected chi connectivity index (χ4v) is 1.27. The fraction of sp³-hybridized carbons (Fsp3) is 1.00. The molecule has 0 aliphatic rings. The Morgan fingerprint density at radius 2 is 2.27 bits per heavy atom. The van der Waals surface area contributed by atoms with Gasteiger partial charge in [0.2, 0.25) is 0 Å². The third kappa shape index (κ3) is 7.97. The molecule has 0 spiro atoms. The van der Waals surface area contributed by atoms with Crippen LogP contribution in [-0.4, -0.2) is 31.1 Å². The highest BCUT2D eigenvalue weighted by Crippen LogP contribution is 2.35. The first-order chi connectivity index (χ1) is 4.95. The topological polar surface area (TPSA) is 81.8 Å². The Bertz CT molecular complexity index is 145. The number of hydrogen-bond donors (Lipinski definition) is 2. The van der Waals surface area contributed by atoms with Gasteiger partial charge in [-0.15, -0.1) is 0 Å². The fourth-order valence-electron chi connectivity index (χ4n) is 0.538. The van der Waals surface area contributed by atoms with Crippen LogP contribution >= 0.6 is 7.37 Å². The maximum atomic E-state index is 10.7. The lowest BCUT2D eigenvalue weighted by Gasteiger charge is -2.10. The molecule has 5 nitrogen and oxygen atoms in total. The van der Waals surface area contributed by atoms with E-state index < -0.39 is 13.6 Å². The molecule has 0 aromatic carbocycles. The van der Waals surface area contributed by atoms with Crippen LogP contribution in [0, 0.1) is 0 Å². The zero-order valence-electron chi connectivity index (χ0n) is 6.69. The first kappa shape index (κ1) is 11.1. The molecular weight excluding hydrogens is 169 g/mol. The van der Waals surface area contributed by atoms with E-state index in [0.717, 1.165) is 0 Å². The Balaban J connectivity index is 3.46. The molecule has 0 saturated carbocycles. The van der Waals surface area contributed by atoms with Crippen LogP contribution in [0.15, 0.2) is 0 Å². The molecular formula is C5H14NO4P. The van der Waals surface area contributed by atoms with Gasteiger partial charge in [-0.1, -0.05) is 0 Å². The zero-order valence-corrected chi connectivity index (χ0v) is 7.58. The quantitative estimate of drug-likeness (QED) is 0.274. The van der Waals surface area contributed by atoms with Crippen molar-refractivity contribution < 1.29 is 19.2 Å². The smallest absolute Gasteiger partial charge is 0.197 e. The maximum Gasteiger partial charge on any atom is 0.197 e. The predicted molar refractivity (Wildman–Crippen MR) is 41.3 cm³/mol. The summed E-state index contributed by atoms with van der Waals surface area (Å²) in [5.41, 5.74) is 5.31. The first-order valence-corrected chi connectivity index (χ1v) is 5.49. The Kier molecular flexibility index (Phi) is 4.88. The van der Waals surface area contributed by atoms with Gasteiger partial charge in [-0.3, -0.25) is 4.57 Å². The van der Waals surface area contributed by atoms with E-state index in [1.807, 2.05) is 0 Å². The third-order valence-corrected chi connectivity index (χ3v) is 2.14. The number of nitrogens with two attached hydrogens (primary N) is 1. The Hall–Kier alpha value is 0.0700. The van der Waals surface area contributed by atoms with Crippen molar-refractivity contribution >= 4 is 7.37 Å². The van der Waals surface area contributed by atoms with Gasteiger partial charge in [0.1, 0.15) is 6.23 Å². The van der Waals surface area contributed by atoms with Gasteiger partial charge < -0.3 is 10.6 Å². The molecule has 0 rings (SSSR count). The zero-order chi connectivity index (χ0) is 8.91. The van der Waals surface area contributed by atoms with E-state index in [9.17, 15) is 4.57 Å². The molecule has 2 atom stereocenters. The lowest BCUT2D eigenvalue weighted by molar-refractivity contribution is -0.303. The SMILES string of the molecule is COO[C@@H](N)CCP(C)(=O)O. The van der Waals surface area contributed by atoms with E-state index in [1.54, 1.807) is 0 Å². The molecule has 0 aromatic rings. The van der Waals surface area contributed by atoms with E-state index in [0.29, 0.717) is 6.42 Å². The van der Waals surface area contributed by atoms with Crippen molar-refractivity contribution in [3.8, 4) is 0 Å². The summed E-state index contributed by atoms with van der Waals surface area (Å²) in [6.45, 7) is 1.28. The van der Waals surface area contributed by atoms with Crippen LogP contribution in [0.1, 0.15) is 6.42 Å². The summed E-state index contributed by atoms with van der Waals surface area (Å²) in [5, 5.41) is 0. The molecule has 68 valence electrons. The molecule has 0 fully saturated rings. The van der Waals surface area contributed by atoms with Crippen molar-refractivity contribution in [3.05, 3.63) is 0 Å². The molecule has 0 bridgehead atoms. The number of rotatable bonds is 5. The molecule has 11 heavy (non-hydrogen) atoms. The van der Waals surface area contributed by atoms with Crippen LogP contribution in [-0.2, 0) is 14.3 Å². The summed E-state index contributed by atoms with van der Waals surface area (Å²) in [6, 6.07) is 0. The predicted octanol–water partition coefficient (Wildman–Crippen LogP) is 0.139. The lowest BCUT2D eigenvalue weighted by Crippen LogP contribution is -2.24. The summed E-state index contributed by atoms with van der Waals surface area (Å²) in [7, 11) is -1.62. The summed E-state index contributed by atoms with van der Waals surface area (Å²) in [4.78, 5) is 17.6. The molecule has 0 saturated heterocycles.